The predicted molar refractivity (Wildman–Crippen MR) is 75.9 cm³/mol. The molecule has 0 N–H and O–H groups in total. The lowest BCUT2D eigenvalue weighted by atomic mass is 9.87. The van der Waals surface area contributed by atoms with Gasteiger partial charge in [-0.15, -0.1) is 11.6 Å². The van der Waals surface area contributed by atoms with Crippen molar-refractivity contribution in [2.24, 2.45) is 5.92 Å². The fourth-order valence-electron chi connectivity index (χ4n) is 3.31. The Kier molecular flexibility index (Phi) is 3.67. The second-order valence-electron chi connectivity index (χ2n) is 5.71. The summed E-state index contributed by atoms with van der Waals surface area (Å²) < 4.78 is 29.3. The zero-order valence-corrected chi connectivity index (χ0v) is 12.1. The first-order valence-electron chi connectivity index (χ1n) is 7.02. The molecular formula is C15H17ClF2N2. The number of fused-ring (bicyclic) bond motifs is 1. The van der Waals surface area contributed by atoms with Crippen molar-refractivity contribution in [1.82, 2.24) is 9.55 Å². The Morgan fingerprint density at radius 2 is 2.15 bits per heavy atom. The highest BCUT2D eigenvalue weighted by Crippen LogP contribution is 2.36. The molecule has 0 spiro atoms. The number of hydrogen-bond acceptors (Lipinski definition) is 1. The van der Waals surface area contributed by atoms with Crippen LogP contribution in [0.25, 0.3) is 11.0 Å². The summed E-state index contributed by atoms with van der Waals surface area (Å²) in [5.74, 6) is 0.272. The summed E-state index contributed by atoms with van der Waals surface area (Å²) in [6.07, 6.45) is 4.36. The quantitative estimate of drug-likeness (QED) is 0.728. The number of rotatable bonds is 2. The molecule has 108 valence electrons. The highest BCUT2D eigenvalue weighted by Gasteiger charge is 2.25. The molecule has 2 atom stereocenters. The minimum atomic E-state index is -0.617. The van der Waals surface area contributed by atoms with E-state index in [1.807, 2.05) is 4.57 Å². The molecular weight excluding hydrogens is 282 g/mol. The molecule has 1 aromatic heterocycles. The molecule has 0 aliphatic heterocycles. The number of alkyl halides is 1. The van der Waals surface area contributed by atoms with E-state index in [1.54, 1.807) is 0 Å². The highest BCUT2D eigenvalue weighted by atomic mass is 35.5. The van der Waals surface area contributed by atoms with Crippen LogP contribution < -0.4 is 0 Å². The molecule has 20 heavy (non-hydrogen) atoms. The van der Waals surface area contributed by atoms with Gasteiger partial charge in [-0.2, -0.15) is 0 Å². The first-order valence-corrected chi connectivity index (χ1v) is 7.55. The number of nitrogens with zero attached hydrogens (tertiary/aromatic N) is 2. The van der Waals surface area contributed by atoms with E-state index >= 15 is 0 Å². The summed E-state index contributed by atoms with van der Waals surface area (Å²) >= 11 is 5.95. The van der Waals surface area contributed by atoms with Gasteiger partial charge in [-0.1, -0.05) is 19.8 Å². The smallest absolute Gasteiger partial charge is 0.153 e. The summed E-state index contributed by atoms with van der Waals surface area (Å²) in [6.45, 7) is 2.22. The Morgan fingerprint density at radius 1 is 1.35 bits per heavy atom. The van der Waals surface area contributed by atoms with Gasteiger partial charge in [-0.25, -0.2) is 13.8 Å². The Labute approximate surface area is 121 Å². The topological polar surface area (TPSA) is 17.8 Å². The molecule has 1 aliphatic carbocycles. The van der Waals surface area contributed by atoms with E-state index in [9.17, 15) is 8.78 Å². The zero-order chi connectivity index (χ0) is 14.3. The molecule has 2 unspecified atom stereocenters. The maximum absolute atomic E-state index is 13.9. The molecule has 1 aromatic carbocycles. The molecule has 2 aromatic rings. The van der Waals surface area contributed by atoms with E-state index in [1.165, 1.54) is 12.5 Å². The SMILES string of the molecule is CC1CCCC(n2c(CCl)nc3c(F)cc(F)cc32)C1. The van der Waals surface area contributed by atoms with Crippen LogP contribution >= 0.6 is 11.6 Å². The molecule has 0 radical (unpaired) electrons. The zero-order valence-electron chi connectivity index (χ0n) is 11.4. The fourth-order valence-corrected chi connectivity index (χ4v) is 3.50. The van der Waals surface area contributed by atoms with E-state index in [0.29, 0.717) is 17.3 Å². The molecule has 0 saturated heterocycles. The third kappa shape index (κ3) is 2.30. The van der Waals surface area contributed by atoms with Crippen molar-refractivity contribution in [3.63, 3.8) is 0 Å². The first-order chi connectivity index (χ1) is 9.60. The first kappa shape index (κ1) is 13.8. The van der Waals surface area contributed by atoms with Gasteiger partial charge in [0.05, 0.1) is 11.4 Å². The van der Waals surface area contributed by atoms with Crippen molar-refractivity contribution in [2.75, 3.05) is 0 Å². The predicted octanol–water partition coefficient (Wildman–Crippen LogP) is 4.80. The lowest BCUT2D eigenvalue weighted by Gasteiger charge is -2.29. The second kappa shape index (κ2) is 5.32. The molecule has 3 rings (SSSR count). The van der Waals surface area contributed by atoms with Crippen molar-refractivity contribution in [1.29, 1.82) is 0 Å². The van der Waals surface area contributed by atoms with Gasteiger partial charge >= 0.3 is 0 Å². The molecule has 1 saturated carbocycles. The van der Waals surface area contributed by atoms with Gasteiger partial charge in [0, 0.05) is 12.1 Å². The summed E-state index contributed by atoms with van der Waals surface area (Å²) in [5, 5.41) is 0. The van der Waals surface area contributed by atoms with E-state index < -0.39 is 11.6 Å². The van der Waals surface area contributed by atoms with Crippen LogP contribution in [0.15, 0.2) is 12.1 Å². The second-order valence-corrected chi connectivity index (χ2v) is 5.98. The monoisotopic (exact) mass is 298 g/mol. The minimum Gasteiger partial charge on any atom is -0.324 e. The van der Waals surface area contributed by atoms with Gasteiger partial charge in [0.1, 0.15) is 17.2 Å². The average molecular weight is 299 g/mol. The largest absolute Gasteiger partial charge is 0.324 e. The normalized spacial score (nSPS) is 23.4. The summed E-state index contributed by atoms with van der Waals surface area (Å²) in [5.41, 5.74) is 0.748. The minimum absolute atomic E-state index is 0.209. The van der Waals surface area contributed by atoms with Crippen LogP contribution in [0.2, 0.25) is 0 Å². The third-order valence-corrected chi connectivity index (χ3v) is 4.42. The molecule has 2 nitrogen and oxygen atoms in total. The van der Waals surface area contributed by atoms with Crippen LogP contribution in [-0.2, 0) is 5.88 Å². The van der Waals surface area contributed by atoms with Crippen molar-refractivity contribution in [2.45, 2.75) is 44.5 Å². The van der Waals surface area contributed by atoms with E-state index in [0.717, 1.165) is 25.3 Å². The van der Waals surface area contributed by atoms with Gasteiger partial charge in [0.25, 0.3) is 0 Å². The number of imidazole rings is 1. The summed E-state index contributed by atoms with van der Waals surface area (Å²) in [6, 6.07) is 2.47. The van der Waals surface area contributed by atoms with Crippen LogP contribution in [0, 0.1) is 17.6 Å². The number of aromatic nitrogens is 2. The van der Waals surface area contributed by atoms with Crippen LogP contribution in [0.5, 0.6) is 0 Å². The number of halogens is 3. The van der Waals surface area contributed by atoms with E-state index in [2.05, 4.69) is 11.9 Å². The fraction of sp³-hybridized carbons (Fsp3) is 0.533. The molecule has 1 fully saturated rings. The lowest BCUT2D eigenvalue weighted by molar-refractivity contribution is 0.283. The Morgan fingerprint density at radius 3 is 2.85 bits per heavy atom. The maximum Gasteiger partial charge on any atom is 0.153 e. The van der Waals surface area contributed by atoms with Gasteiger partial charge in [0.2, 0.25) is 0 Å². The van der Waals surface area contributed by atoms with Crippen LogP contribution in [-0.4, -0.2) is 9.55 Å². The summed E-state index contributed by atoms with van der Waals surface area (Å²) in [4.78, 5) is 4.26. The molecule has 1 heterocycles. The lowest BCUT2D eigenvalue weighted by Crippen LogP contribution is -2.19. The van der Waals surface area contributed by atoms with Gasteiger partial charge < -0.3 is 4.57 Å². The van der Waals surface area contributed by atoms with Crippen LogP contribution in [0.1, 0.15) is 44.5 Å². The third-order valence-electron chi connectivity index (χ3n) is 4.18. The van der Waals surface area contributed by atoms with E-state index in [4.69, 9.17) is 11.6 Å². The number of hydrogen-bond donors (Lipinski definition) is 0. The Balaban J connectivity index is 2.17. The van der Waals surface area contributed by atoms with Crippen LogP contribution in [0.3, 0.4) is 0 Å². The van der Waals surface area contributed by atoms with Gasteiger partial charge in [0.15, 0.2) is 5.82 Å². The number of benzene rings is 1. The standard InChI is InChI=1S/C15H17ClF2N2/c1-9-3-2-4-11(5-9)20-13-7-10(17)6-12(18)15(13)19-14(20)8-16/h6-7,9,11H,2-5,8H2,1H3. The molecule has 0 amide bonds. The molecule has 0 bridgehead atoms. The highest BCUT2D eigenvalue weighted by molar-refractivity contribution is 6.16. The molecule has 5 heteroatoms. The average Bonchev–Trinajstić information content (AvgIpc) is 2.77. The van der Waals surface area contributed by atoms with Crippen molar-refractivity contribution < 1.29 is 8.78 Å². The van der Waals surface area contributed by atoms with Crippen LogP contribution in [0.4, 0.5) is 8.78 Å². The van der Waals surface area contributed by atoms with Crippen molar-refractivity contribution >= 4 is 22.6 Å². The maximum atomic E-state index is 13.9. The van der Waals surface area contributed by atoms with Crippen molar-refractivity contribution in [3.8, 4) is 0 Å². The van der Waals surface area contributed by atoms with E-state index in [-0.39, 0.29) is 17.4 Å². The molecule has 1 aliphatic rings. The van der Waals surface area contributed by atoms with Gasteiger partial charge in [-0.3, -0.25) is 0 Å². The summed E-state index contributed by atoms with van der Waals surface area (Å²) in [7, 11) is 0. The Bertz CT molecular complexity index is 638. The Hall–Kier alpha value is -1.16. The van der Waals surface area contributed by atoms with Crippen molar-refractivity contribution in [3.05, 3.63) is 29.6 Å². The van der Waals surface area contributed by atoms with Gasteiger partial charge in [-0.05, 0) is 24.8 Å².